The lowest BCUT2D eigenvalue weighted by molar-refractivity contribution is -0.142. The van der Waals surface area contributed by atoms with Crippen molar-refractivity contribution in [3.8, 4) is 0 Å². The molecule has 0 aromatic heterocycles. The van der Waals surface area contributed by atoms with Gasteiger partial charge in [-0.2, -0.15) is 0 Å². The van der Waals surface area contributed by atoms with E-state index in [1.54, 1.807) is 4.90 Å². The molecule has 2 aliphatic heterocycles. The first-order valence-electron chi connectivity index (χ1n) is 19.4. The summed E-state index contributed by atoms with van der Waals surface area (Å²) in [6.07, 6.45) is 7.17. The predicted octanol–water partition coefficient (Wildman–Crippen LogP) is 4.28. The Balaban J connectivity index is 1.15. The second-order valence-electron chi connectivity index (χ2n) is 16.8. The number of hydrogen-bond acceptors (Lipinski definition) is 7. The molecule has 2 saturated carbocycles. The molecule has 0 unspecified atom stereocenters. The number of likely N-dealkylation sites (tertiary alicyclic amines) is 1. The summed E-state index contributed by atoms with van der Waals surface area (Å²) in [5.74, 6) is -2.15. The quantitative estimate of drug-likeness (QED) is 0.142. The lowest BCUT2D eigenvalue weighted by atomic mass is 9.85. The van der Waals surface area contributed by atoms with Crippen molar-refractivity contribution in [3.63, 3.8) is 0 Å². The zero-order valence-electron chi connectivity index (χ0n) is 32.4. The van der Waals surface area contributed by atoms with E-state index in [0.717, 1.165) is 43.2 Å². The van der Waals surface area contributed by atoms with Crippen LogP contribution in [-0.2, 0) is 43.9 Å². The molecule has 0 radical (unpaired) electrons. The number of amides is 6. The van der Waals surface area contributed by atoms with E-state index in [2.05, 4.69) is 28.0 Å². The van der Waals surface area contributed by atoms with Gasteiger partial charge in [0, 0.05) is 38.1 Å². The van der Waals surface area contributed by atoms with Crippen molar-refractivity contribution in [1.29, 1.82) is 0 Å². The highest BCUT2D eigenvalue weighted by Crippen LogP contribution is 2.45. The van der Waals surface area contributed by atoms with Crippen molar-refractivity contribution >= 4 is 39.9 Å². The monoisotopic (exact) mass is 770 g/mol. The number of nitrogens with one attached hydrogen (secondary N) is 3. The highest BCUT2D eigenvalue weighted by Gasteiger charge is 2.61. The van der Waals surface area contributed by atoms with E-state index in [9.17, 15) is 37.5 Å². The minimum absolute atomic E-state index is 0.127. The number of sulfonamides is 1. The topological polar surface area (TPSA) is 186 Å². The van der Waals surface area contributed by atoms with Crippen molar-refractivity contribution in [3.05, 3.63) is 47.5 Å². The fourth-order valence-corrected chi connectivity index (χ4v) is 9.11. The SMILES string of the molecule is C=C[C@@H]1C[C@]1(NC(=O)[C@@H]1CCCN1C(=O)[C@@H](NC(=O)N(CCCCCCc1cccc2c1CN(C(=O)O)C2)C(C)C)C(C)(C)C)C(=O)NS(=O)(=O)C1CC1. The molecule has 4 N–H and O–H groups in total. The van der Waals surface area contributed by atoms with Crippen LogP contribution in [0.4, 0.5) is 9.59 Å². The highest BCUT2D eigenvalue weighted by atomic mass is 32.2. The molecule has 15 heteroatoms. The summed E-state index contributed by atoms with van der Waals surface area (Å²) in [4.78, 5) is 71.1. The lowest BCUT2D eigenvalue weighted by Gasteiger charge is -2.37. The van der Waals surface area contributed by atoms with Gasteiger partial charge in [-0.1, -0.05) is 57.9 Å². The first-order chi connectivity index (χ1) is 25.4. The fraction of sp³-hybridized carbons (Fsp3) is 0.667. The van der Waals surface area contributed by atoms with Crippen LogP contribution in [0.3, 0.4) is 0 Å². The first kappa shape index (κ1) is 41.0. The molecular weight excluding hydrogens is 713 g/mol. The first-order valence-corrected chi connectivity index (χ1v) is 20.9. The number of rotatable bonds is 16. The van der Waals surface area contributed by atoms with Crippen molar-refractivity contribution in [2.45, 2.75) is 141 Å². The molecule has 3 fully saturated rings. The molecule has 298 valence electrons. The Kier molecular flexibility index (Phi) is 12.4. The van der Waals surface area contributed by atoms with Crippen LogP contribution in [-0.4, -0.2) is 100 Å². The van der Waals surface area contributed by atoms with E-state index in [4.69, 9.17) is 0 Å². The Labute approximate surface area is 319 Å². The number of benzene rings is 1. The van der Waals surface area contributed by atoms with Crippen LogP contribution in [0.1, 0.15) is 109 Å². The molecule has 1 aromatic carbocycles. The minimum atomic E-state index is -3.83. The Morgan fingerprint density at radius 1 is 1.06 bits per heavy atom. The molecule has 2 heterocycles. The number of urea groups is 1. The van der Waals surface area contributed by atoms with Gasteiger partial charge in [-0.05, 0) is 87.3 Å². The van der Waals surface area contributed by atoms with Gasteiger partial charge in [-0.15, -0.1) is 6.58 Å². The van der Waals surface area contributed by atoms with Crippen molar-refractivity contribution in [2.75, 3.05) is 13.1 Å². The van der Waals surface area contributed by atoms with E-state index in [1.807, 2.05) is 46.8 Å². The number of carbonyl (C=O) groups excluding carboxylic acids is 4. The molecule has 54 heavy (non-hydrogen) atoms. The van der Waals surface area contributed by atoms with Crippen molar-refractivity contribution in [1.82, 2.24) is 30.1 Å². The van der Waals surface area contributed by atoms with Gasteiger partial charge in [0.15, 0.2) is 0 Å². The van der Waals surface area contributed by atoms with Gasteiger partial charge in [-0.3, -0.25) is 24.0 Å². The highest BCUT2D eigenvalue weighted by molar-refractivity contribution is 7.91. The van der Waals surface area contributed by atoms with Gasteiger partial charge in [-0.25, -0.2) is 18.0 Å². The van der Waals surface area contributed by atoms with Crippen molar-refractivity contribution < 1.29 is 37.5 Å². The molecule has 0 spiro atoms. The summed E-state index contributed by atoms with van der Waals surface area (Å²) in [5, 5.41) is 14.6. The zero-order valence-corrected chi connectivity index (χ0v) is 33.2. The Morgan fingerprint density at radius 3 is 2.37 bits per heavy atom. The number of aryl methyl sites for hydroxylation is 1. The Morgan fingerprint density at radius 2 is 1.76 bits per heavy atom. The van der Waals surface area contributed by atoms with Gasteiger partial charge in [0.2, 0.25) is 21.8 Å². The summed E-state index contributed by atoms with van der Waals surface area (Å²) in [6, 6.07) is 3.74. The molecule has 14 nitrogen and oxygen atoms in total. The van der Waals surface area contributed by atoms with Gasteiger partial charge in [0.25, 0.3) is 5.91 Å². The molecule has 0 bridgehead atoms. The molecule has 4 atom stereocenters. The summed E-state index contributed by atoms with van der Waals surface area (Å²) >= 11 is 0. The third-order valence-electron chi connectivity index (χ3n) is 11.3. The number of fused-ring (bicyclic) bond motifs is 1. The van der Waals surface area contributed by atoms with Gasteiger partial charge < -0.3 is 25.5 Å². The standard InChI is InChI=1S/C39H58N6O8S/c1-7-28-22-39(28,35(48)42-54(52,53)29-18-19-29)41-33(46)31-17-13-21-45(31)34(47)32(38(4,5)6)40-36(49)44(25(2)3)20-11-9-8-10-14-26-15-12-16-27-23-43(37(50)51)24-30(26)27/h7,12,15-16,25,28-29,31-32H,1,8-11,13-14,17-24H2,2-6H3,(H,40,49)(H,41,46)(H,42,48)(H,50,51)/t28-,31+,32-,39-/m1/s1. The lowest BCUT2D eigenvalue weighted by Crippen LogP contribution is -2.61. The molecule has 2 aliphatic carbocycles. The molecule has 4 aliphatic rings. The number of carbonyl (C=O) groups is 5. The fourth-order valence-electron chi connectivity index (χ4n) is 7.75. The molecule has 5 rings (SSSR count). The number of unbranched alkanes of at least 4 members (excludes halogenated alkanes) is 3. The van der Waals surface area contributed by atoms with Crippen LogP contribution in [0.5, 0.6) is 0 Å². The minimum Gasteiger partial charge on any atom is -0.465 e. The predicted molar refractivity (Wildman–Crippen MR) is 203 cm³/mol. The average molecular weight is 771 g/mol. The van der Waals surface area contributed by atoms with Crippen LogP contribution in [0.2, 0.25) is 0 Å². The molecule has 1 aromatic rings. The Hall–Kier alpha value is -4.14. The largest absolute Gasteiger partial charge is 0.465 e. The normalized spacial score (nSPS) is 22.7. The van der Waals surface area contributed by atoms with E-state index < -0.39 is 62.1 Å². The second-order valence-corrected chi connectivity index (χ2v) is 18.7. The van der Waals surface area contributed by atoms with E-state index in [1.165, 1.54) is 21.4 Å². The smallest absolute Gasteiger partial charge is 0.407 e. The van der Waals surface area contributed by atoms with Crippen LogP contribution in [0.25, 0.3) is 0 Å². The summed E-state index contributed by atoms with van der Waals surface area (Å²) in [6.45, 7) is 14.9. The summed E-state index contributed by atoms with van der Waals surface area (Å²) < 4.78 is 27.2. The summed E-state index contributed by atoms with van der Waals surface area (Å²) in [5.41, 5.74) is 1.23. The van der Waals surface area contributed by atoms with E-state index in [-0.39, 0.29) is 24.4 Å². The van der Waals surface area contributed by atoms with Crippen LogP contribution < -0.4 is 15.4 Å². The van der Waals surface area contributed by atoms with Gasteiger partial charge in [0.1, 0.15) is 17.6 Å². The maximum absolute atomic E-state index is 14.2. The molecule has 6 amide bonds. The zero-order chi connectivity index (χ0) is 39.6. The van der Waals surface area contributed by atoms with Crippen LogP contribution in [0, 0.1) is 11.3 Å². The van der Waals surface area contributed by atoms with Gasteiger partial charge >= 0.3 is 12.1 Å². The van der Waals surface area contributed by atoms with Crippen LogP contribution in [0.15, 0.2) is 30.9 Å². The van der Waals surface area contributed by atoms with Gasteiger partial charge in [0.05, 0.1) is 5.25 Å². The third-order valence-corrected chi connectivity index (χ3v) is 13.1. The number of hydrogen-bond donors (Lipinski definition) is 4. The van der Waals surface area contributed by atoms with E-state index >= 15 is 0 Å². The molecular formula is C39H58N6O8S. The third kappa shape index (κ3) is 9.20. The number of nitrogens with zero attached hydrogens (tertiary/aromatic N) is 3. The Bertz CT molecular complexity index is 1740. The molecule has 1 saturated heterocycles. The van der Waals surface area contributed by atoms with E-state index in [0.29, 0.717) is 51.9 Å². The maximum atomic E-state index is 14.2. The van der Waals surface area contributed by atoms with Crippen molar-refractivity contribution in [2.24, 2.45) is 11.3 Å². The number of carboxylic acid groups (broad SMARTS) is 1. The second kappa shape index (κ2) is 16.3. The average Bonchev–Trinajstić information content (AvgIpc) is 3.97. The summed E-state index contributed by atoms with van der Waals surface area (Å²) in [7, 11) is -3.83. The maximum Gasteiger partial charge on any atom is 0.407 e. The van der Waals surface area contributed by atoms with Crippen LogP contribution >= 0.6 is 0 Å².